The molecule has 0 aliphatic carbocycles. The van der Waals surface area contributed by atoms with E-state index in [1.54, 1.807) is 18.6 Å². The van der Waals surface area contributed by atoms with Gasteiger partial charge >= 0.3 is 0 Å². The van der Waals surface area contributed by atoms with Gasteiger partial charge in [-0.15, -0.1) is 11.3 Å². The van der Waals surface area contributed by atoms with Gasteiger partial charge in [0.2, 0.25) is 0 Å². The van der Waals surface area contributed by atoms with Gasteiger partial charge in [0.25, 0.3) is 5.91 Å². The predicted octanol–water partition coefficient (Wildman–Crippen LogP) is 2.58. The Balaban J connectivity index is 2.23. The molecule has 0 atom stereocenters. The summed E-state index contributed by atoms with van der Waals surface area (Å²) >= 11 is 1.35. The van der Waals surface area contributed by atoms with Crippen molar-refractivity contribution in [2.24, 2.45) is 5.11 Å². The van der Waals surface area contributed by atoms with E-state index in [2.05, 4.69) is 15.3 Å². The molecule has 1 aromatic rings. The maximum atomic E-state index is 11.6. The Labute approximate surface area is 103 Å². The highest BCUT2D eigenvalue weighted by molar-refractivity contribution is 7.12. The van der Waals surface area contributed by atoms with Crippen LogP contribution >= 0.6 is 11.3 Å². The summed E-state index contributed by atoms with van der Waals surface area (Å²) < 4.78 is 5.00. The number of nitrogens with zero attached hydrogens (tertiary/aromatic N) is 3. The van der Waals surface area contributed by atoms with Crippen LogP contribution < -0.4 is 10.1 Å². The second kappa shape index (κ2) is 7.54. The van der Waals surface area contributed by atoms with Gasteiger partial charge in [0.15, 0.2) is 0 Å². The van der Waals surface area contributed by atoms with Gasteiger partial charge < -0.3 is 10.1 Å². The predicted molar refractivity (Wildman–Crippen MR) is 66.5 cm³/mol. The molecule has 0 unspecified atom stereocenters. The van der Waals surface area contributed by atoms with Crippen molar-refractivity contribution in [3.63, 3.8) is 0 Å². The monoisotopic (exact) mass is 254 g/mol. The molecule has 0 saturated heterocycles. The van der Waals surface area contributed by atoms with E-state index in [1.807, 2.05) is 0 Å². The number of amides is 1. The zero-order valence-corrected chi connectivity index (χ0v) is 10.4. The number of methoxy groups -OCH3 is 1. The molecule has 17 heavy (non-hydrogen) atoms. The van der Waals surface area contributed by atoms with E-state index in [0.717, 1.165) is 12.8 Å². The first-order valence-electron chi connectivity index (χ1n) is 5.19. The molecular formula is C10H14N4O2S. The van der Waals surface area contributed by atoms with Gasteiger partial charge in [-0.2, -0.15) is 0 Å². The molecule has 0 radical (unpaired) electrons. The lowest BCUT2D eigenvalue weighted by Crippen LogP contribution is -2.23. The topological polar surface area (TPSA) is 87.1 Å². The third kappa shape index (κ3) is 4.76. The Morgan fingerprint density at radius 3 is 3.12 bits per heavy atom. The second-order valence-corrected chi connectivity index (χ2v) is 4.18. The van der Waals surface area contributed by atoms with Crippen LogP contribution in [0.2, 0.25) is 0 Å². The molecule has 0 saturated carbocycles. The Morgan fingerprint density at radius 1 is 1.65 bits per heavy atom. The largest absolute Gasteiger partial charge is 0.496 e. The maximum Gasteiger partial charge on any atom is 0.261 e. The SMILES string of the molecule is COc1csc(C(=O)NCCCCN=[N+]=[N-])c1. The van der Waals surface area contributed by atoms with Crippen molar-refractivity contribution in [2.45, 2.75) is 12.8 Å². The van der Waals surface area contributed by atoms with Crippen LogP contribution in [0.25, 0.3) is 10.4 Å². The zero-order chi connectivity index (χ0) is 12.5. The van der Waals surface area contributed by atoms with Gasteiger partial charge in [0, 0.05) is 29.4 Å². The van der Waals surface area contributed by atoms with Crippen LogP contribution in [-0.2, 0) is 0 Å². The summed E-state index contributed by atoms with van der Waals surface area (Å²) in [5.41, 5.74) is 8.06. The van der Waals surface area contributed by atoms with Gasteiger partial charge in [-0.25, -0.2) is 0 Å². The van der Waals surface area contributed by atoms with Crippen LogP contribution in [0.5, 0.6) is 5.75 Å². The number of hydrogen-bond donors (Lipinski definition) is 1. The molecule has 1 amide bonds. The number of hydrogen-bond acceptors (Lipinski definition) is 4. The molecule has 92 valence electrons. The third-order valence-corrected chi connectivity index (χ3v) is 2.98. The van der Waals surface area contributed by atoms with Gasteiger partial charge in [-0.1, -0.05) is 5.11 Å². The van der Waals surface area contributed by atoms with Gasteiger partial charge in [0.05, 0.1) is 12.0 Å². The number of carbonyl (C=O) groups excluding carboxylic acids is 1. The molecule has 1 N–H and O–H groups in total. The summed E-state index contributed by atoms with van der Waals surface area (Å²) in [4.78, 5) is 14.9. The fourth-order valence-electron chi connectivity index (χ4n) is 1.19. The summed E-state index contributed by atoms with van der Waals surface area (Å²) in [5, 5.41) is 8.00. The van der Waals surface area contributed by atoms with Gasteiger partial charge in [0.1, 0.15) is 5.75 Å². The molecule has 0 bridgehead atoms. The number of carbonyl (C=O) groups is 1. The third-order valence-electron chi connectivity index (χ3n) is 2.07. The molecule has 1 heterocycles. The molecule has 7 heteroatoms. The highest BCUT2D eigenvalue weighted by Crippen LogP contribution is 2.20. The number of rotatable bonds is 7. The van der Waals surface area contributed by atoms with Gasteiger partial charge in [-0.3, -0.25) is 4.79 Å². The van der Waals surface area contributed by atoms with Crippen LogP contribution in [0.4, 0.5) is 0 Å². The van der Waals surface area contributed by atoms with Crippen molar-refractivity contribution in [2.75, 3.05) is 20.2 Å². The molecular weight excluding hydrogens is 240 g/mol. The van der Waals surface area contributed by atoms with Crippen LogP contribution in [0.1, 0.15) is 22.5 Å². The van der Waals surface area contributed by atoms with Crippen LogP contribution in [0, 0.1) is 0 Å². The number of ether oxygens (including phenoxy) is 1. The summed E-state index contributed by atoms with van der Waals surface area (Å²) in [5.74, 6) is 0.602. The van der Waals surface area contributed by atoms with E-state index in [0.29, 0.717) is 23.7 Å². The summed E-state index contributed by atoms with van der Waals surface area (Å²) in [6.45, 7) is 1.05. The van der Waals surface area contributed by atoms with Crippen molar-refractivity contribution in [3.8, 4) is 5.75 Å². The lowest BCUT2D eigenvalue weighted by Gasteiger charge is -2.01. The highest BCUT2D eigenvalue weighted by Gasteiger charge is 2.08. The Hall–Kier alpha value is -1.72. The molecule has 0 aromatic carbocycles. The standard InChI is InChI=1S/C10H14N4O2S/c1-16-8-6-9(17-7-8)10(15)12-4-2-3-5-13-14-11/h6-7H,2-5H2,1H3,(H,12,15). The first-order chi connectivity index (χ1) is 8.27. The van der Waals surface area contributed by atoms with Crippen molar-refractivity contribution in [3.05, 3.63) is 26.8 Å². The molecule has 0 fully saturated rings. The first kappa shape index (κ1) is 13.3. The highest BCUT2D eigenvalue weighted by atomic mass is 32.1. The van der Waals surface area contributed by atoms with E-state index in [9.17, 15) is 4.79 Å². The fraction of sp³-hybridized carbons (Fsp3) is 0.500. The minimum Gasteiger partial charge on any atom is -0.496 e. The lowest BCUT2D eigenvalue weighted by molar-refractivity contribution is 0.0957. The summed E-state index contributed by atoms with van der Waals surface area (Å²) in [6.07, 6.45) is 1.57. The van der Waals surface area contributed by atoms with Gasteiger partial charge in [-0.05, 0) is 18.4 Å². The number of nitrogens with one attached hydrogen (secondary N) is 1. The Bertz CT molecular complexity index is 412. The van der Waals surface area contributed by atoms with Crippen LogP contribution in [0.15, 0.2) is 16.6 Å². The smallest absolute Gasteiger partial charge is 0.261 e. The molecule has 6 nitrogen and oxygen atoms in total. The van der Waals surface area contributed by atoms with E-state index in [1.165, 1.54) is 11.3 Å². The van der Waals surface area contributed by atoms with E-state index >= 15 is 0 Å². The maximum absolute atomic E-state index is 11.6. The number of unbranched alkanes of at least 4 members (excludes halogenated alkanes) is 1. The van der Waals surface area contributed by atoms with Crippen molar-refractivity contribution in [1.82, 2.24) is 5.32 Å². The average molecular weight is 254 g/mol. The van der Waals surface area contributed by atoms with Crippen molar-refractivity contribution >= 4 is 17.2 Å². The fourth-order valence-corrected chi connectivity index (χ4v) is 1.96. The molecule has 0 aliphatic rings. The molecule has 1 aromatic heterocycles. The van der Waals surface area contributed by atoms with Crippen molar-refractivity contribution in [1.29, 1.82) is 0 Å². The Kier molecular flexibility index (Phi) is 5.92. The summed E-state index contributed by atoms with van der Waals surface area (Å²) in [6, 6.07) is 1.71. The quantitative estimate of drug-likeness (QED) is 0.351. The lowest BCUT2D eigenvalue weighted by atomic mass is 10.3. The first-order valence-corrected chi connectivity index (χ1v) is 6.07. The molecule has 0 aliphatic heterocycles. The van der Waals surface area contributed by atoms with Crippen LogP contribution in [0.3, 0.4) is 0 Å². The number of azide groups is 1. The average Bonchev–Trinajstić information content (AvgIpc) is 2.82. The van der Waals surface area contributed by atoms with Crippen LogP contribution in [-0.4, -0.2) is 26.1 Å². The van der Waals surface area contributed by atoms with E-state index in [4.69, 9.17) is 10.3 Å². The molecule has 1 rings (SSSR count). The number of thiophene rings is 1. The summed E-state index contributed by atoms with van der Waals surface area (Å²) in [7, 11) is 1.57. The molecule has 0 spiro atoms. The zero-order valence-electron chi connectivity index (χ0n) is 9.55. The van der Waals surface area contributed by atoms with Crippen molar-refractivity contribution < 1.29 is 9.53 Å². The normalized spacial score (nSPS) is 9.47. The Morgan fingerprint density at radius 2 is 2.47 bits per heavy atom. The van der Waals surface area contributed by atoms with E-state index in [-0.39, 0.29) is 5.91 Å². The minimum absolute atomic E-state index is 0.0953. The second-order valence-electron chi connectivity index (χ2n) is 3.27. The van der Waals surface area contributed by atoms with E-state index < -0.39 is 0 Å². The minimum atomic E-state index is -0.0953.